The normalized spacial score (nSPS) is 13.2. The predicted molar refractivity (Wildman–Crippen MR) is 43.0 cm³/mol. The lowest BCUT2D eigenvalue weighted by Gasteiger charge is -2.14. The maximum atomic E-state index is 8.76. The average Bonchev–Trinajstić information content (AvgIpc) is 1.86. The fourth-order valence-corrected chi connectivity index (χ4v) is 0.866. The van der Waals surface area contributed by atoms with E-state index in [2.05, 4.69) is 31.1 Å². The van der Waals surface area contributed by atoms with E-state index >= 15 is 0 Å². The molecule has 0 fully saturated rings. The lowest BCUT2D eigenvalue weighted by atomic mass is 10.1. The van der Waals surface area contributed by atoms with Crippen molar-refractivity contribution in [3.8, 4) is 0 Å². The van der Waals surface area contributed by atoms with Gasteiger partial charge in [-0.25, -0.2) is 0 Å². The standard InChI is InChI=1S/C7H16N2O/c1-6(2)4-7(5-10)9-8-3/h6-7,9-10H,3-5H2,1-2H3/t7-/m1/s1. The first-order chi connectivity index (χ1) is 4.70. The highest BCUT2D eigenvalue weighted by Gasteiger charge is 2.06. The largest absolute Gasteiger partial charge is 0.394 e. The summed E-state index contributed by atoms with van der Waals surface area (Å²) in [6.45, 7) is 7.61. The summed E-state index contributed by atoms with van der Waals surface area (Å²) in [4.78, 5) is 0. The van der Waals surface area contributed by atoms with Crippen molar-refractivity contribution in [2.45, 2.75) is 26.3 Å². The topological polar surface area (TPSA) is 44.6 Å². The van der Waals surface area contributed by atoms with Gasteiger partial charge in [-0.1, -0.05) is 13.8 Å². The lowest BCUT2D eigenvalue weighted by molar-refractivity contribution is 0.226. The summed E-state index contributed by atoms with van der Waals surface area (Å²) in [7, 11) is 0. The molecular formula is C7H16N2O. The Morgan fingerprint density at radius 1 is 1.60 bits per heavy atom. The van der Waals surface area contributed by atoms with Crippen molar-refractivity contribution in [1.82, 2.24) is 5.43 Å². The van der Waals surface area contributed by atoms with Gasteiger partial charge in [-0.3, -0.25) is 0 Å². The van der Waals surface area contributed by atoms with Crippen LogP contribution in [0.15, 0.2) is 5.10 Å². The van der Waals surface area contributed by atoms with Crippen molar-refractivity contribution < 1.29 is 5.11 Å². The number of rotatable bonds is 5. The van der Waals surface area contributed by atoms with Crippen LogP contribution in [0.2, 0.25) is 0 Å². The van der Waals surface area contributed by atoms with E-state index < -0.39 is 0 Å². The third-order valence-corrected chi connectivity index (χ3v) is 1.25. The van der Waals surface area contributed by atoms with Gasteiger partial charge in [0.2, 0.25) is 0 Å². The number of nitrogens with zero attached hydrogens (tertiary/aromatic N) is 1. The molecule has 10 heavy (non-hydrogen) atoms. The quantitative estimate of drug-likeness (QED) is 0.438. The molecule has 0 radical (unpaired) electrons. The molecular weight excluding hydrogens is 128 g/mol. The van der Waals surface area contributed by atoms with Crippen LogP contribution in [-0.4, -0.2) is 24.5 Å². The first-order valence-electron chi connectivity index (χ1n) is 3.52. The van der Waals surface area contributed by atoms with Gasteiger partial charge < -0.3 is 10.5 Å². The summed E-state index contributed by atoms with van der Waals surface area (Å²) in [5.74, 6) is 0.575. The fourth-order valence-electron chi connectivity index (χ4n) is 0.866. The van der Waals surface area contributed by atoms with Gasteiger partial charge in [0, 0.05) is 6.72 Å². The Hall–Kier alpha value is -0.570. The van der Waals surface area contributed by atoms with Crippen molar-refractivity contribution in [3.63, 3.8) is 0 Å². The molecule has 0 unspecified atom stereocenters. The molecule has 0 aromatic heterocycles. The molecule has 0 rings (SSSR count). The van der Waals surface area contributed by atoms with Gasteiger partial charge in [-0.15, -0.1) is 0 Å². The monoisotopic (exact) mass is 144 g/mol. The molecule has 0 aliphatic rings. The van der Waals surface area contributed by atoms with Crippen molar-refractivity contribution in [2.24, 2.45) is 11.0 Å². The maximum absolute atomic E-state index is 8.76. The van der Waals surface area contributed by atoms with Crippen LogP contribution in [0.5, 0.6) is 0 Å². The van der Waals surface area contributed by atoms with Crippen molar-refractivity contribution >= 4 is 6.72 Å². The highest BCUT2D eigenvalue weighted by atomic mass is 16.3. The third-order valence-electron chi connectivity index (χ3n) is 1.25. The molecule has 0 bridgehead atoms. The minimum Gasteiger partial charge on any atom is -0.394 e. The zero-order valence-electron chi connectivity index (χ0n) is 6.67. The summed E-state index contributed by atoms with van der Waals surface area (Å²) in [6.07, 6.45) is 0.926. The van der Waals surface area contributed by atoms with E-state index in [0.29, 0.717) is 5.92 Å². The fraction of sp³-hybridized carbons (Fsp3) is 0.857. The summed E-state index contributed by atoms with van der Waals surface area (Å²) in [6, 6.07) is 0.0671. The van der Waals surface area contributed by atoms with Gasteiger partial charge in [0.1, 0.15) is 0 Å². The molecule has 0 aromatic carbocycles. The Kier molecular flexibility index (Phi) is 4.94. The first kappa shape index (κ1) is 9.43. The zero-order valence-corrected chi connectivity index (χ0v) is 6.67. The van der Waals surface area contributed by atoms with Gasteiger partial charge in [-0.05, 0) is 12.3 Å². The van der Waals surface area contributed by atoms with Crippen molar-refractivity contribution in [2.75, 3.05) is 6.61 Å². The molecule has 0 aliphatic heterocycles. The number of hydrogen-bond donors (Lipinski definition) is 2. The second kappa shape index (κ2) is 5.23. The predicted octanol–water partition coefficient (Wildman–Crippen LogP) is 0.599. The smallest absolute Gasteiger partial charge is 0.0673 e. The van der Waals surface area contributed by atoms with Crippen LogP contribution in [-0.2, 0) is 0 Å². The SMILES string of the molecule is C=NN[C@@H](CO)CC(C)C. The molecule has 0 aliphatic carbocycles. The number of aliphatic hydroxyl groups excluding tert-OH is 1. The van der Waals surface area contributed by atoms with Crippen LogP contribution in [0.3, 0.4) is 0 Å². The number of hydrazone groups is 1. The molecule has 0 amide bonds. The number of nitrogens with one attached hydrogen (secondary N) is 1. The lowest BCUT2D eigenvalue weighted by Crippen LogP contribution is -2.29. The van der Waals surface area contributed by atoms with E-state index in [9.17, 15) is 0 Å². The Labute approximate surface area is 62.1 Å². The van der Waals surface area contributed by atoms with E-state index in [1.54, 1.807) is 0 Å². The van der Waals surface area contributed by atoms with Crippen LogP contribution in [0.1, 0.15) is 20.3 Å². The van der Waals surface area contributed by atoms with Crippen molar-refractivity contribution in [1.29, 1.82) is 0 Å². The van der Waals surface area contributed by atoms with Crippen LogP contribution in [0.4, 0.5) is 0 Å². The second-order valence-electron chi connectivity index (χ2n) is 2.80. The molecule has 60 valence electrons. The Bertz CT molecular complexity index is 93.6. The highest BCUT2D eigenvalue weighted by Crippen LogP contribution is 2.03. The highest BCUT2D eigenvalue weighted by molar-refractivity contribution is 5.22. The molecule has 0 heterocycles. The van der Waals surface area contributed by atoms with Gasteiger partial charge in [0.25, 0.3) is 0 Å². The summed E-state index contributed by atoms with van der Waals surface area (Å²) < 4.78 is 0. The van der Waals surface area contributed by atoms with Crippen LogP contribution < -0.4 is 5.43 Å². The van der Waals surface area contributed by atoms with E-state index in [4.69, 9.17) is 5.11 Å². The van der Waals surface area contributed by atoms with Gasteiger partial charge in [0.05, 0.1) is 12.6 Å². The Morgan fingerprint density at radius 2 is 2.20 bits per heavy atom. The van der Waals surface area contributed by atoms with Crippen LogP contribution in [0, 0.1) is 5.92 Å². The van der Waals surface area contributed by atoms with E-state index in [1.807, 2.05) is 0 Å². The molecule has 3 nitrogen and oxygen atoms in total. The number of aliphatic hydroxyl groups is 1. The summed E-state index contributed by atoms with van der Waals surface area (Å²) in [5.41, 5.74) is 2.73. The maximum Gasteiger partial charge on any atom is 0.0673 e. The molecule has 1 atom stereocenters. The summed E-state index contributed by atoms with van der Waals surface area (Å²) >= 11 is 0. The molecule has 3 heteroatoms. The minimum atomic E-state index is 0.0671. The number of hydrogen-bond acceptors (Lipinski definition) is 3. The zero-order chi connectivity index (χ0) is 7.98. The van der Waals surface area contributed by atoms with Gasteiger partial charge in [-0.2, -0.15) is 5.10 Å². The molecule has 0 saturated heterocycles. The van der Waals surface area contributed by atoms with Gasteiger partial charge in [0.15, 0.2) is 0 Å². The van der Waals surface area contributed by atoms with E-state index in [0.717, 1.165) is 6.42 Å². The molecule has 2 N–H and O–H groups in total. The minimum absolute atomic E-state index is 0.0671. The molecule has 0 aromatic rings. The second-order valence-corrected chi connectivity index (χ2v) is 2.80. The van der Waals surface area contributed by atoms with E-state index in [1.165, 1.54) is 0 Å². The Balaban J connectivity index is 3.48. The van der Waals surface area contributed by atoms with Crippen molar-refractivity contribution in [3.05, 3.63) is 0 Å². The molecule has 0 saturated carbocycles. The summed E-state index contributed by atoms with van der Waals surface area (Å²) in [5, 5.41) is 12.3. The van der Waals surface area contributed by atoms with Crippen LogP contribution >= 0.6 is 0 Å². The third kappa shape index (κ3) is 4.32. The first-order valence-corrected chi connectivity index (χ1v) is 3.52. The molecule has 0 spiro atoms. The Morgan fingerprint density at radius 3 is 2.50 bits per heavy atom. The van der Waals surface area contributed by atoms with Crippen LogP contribution in [0.25, 0.3) is 0 Å². The average molecular weight is 144 g/mol. The van der Waals surface area contributed by atoms with Gasteiger partial charge >= 0.3 is 0 Å². The van der Waals surface area contributed by atoms with E-state index in [-0.39, 0.29) is 12.6 Å².